The van der Waals surface area contributed by atoms with Gasteiger partial charge in [-0.15, -0.1) is 10.5 Å². The van der Waals surface area contributed by atoms with E-state index >= 15 is 0 Å². The lowest BCUT2D eigenvalue weighted by molar-refractivity contribution is -0.352. The molecule has 172 valence electrons. The molecule has 0 aromatic carbocycles. The third-order valence-electron chi connectivity index (χ3n) is 5.00. The number of esters is 1. The fourth-order valence-corrected chi connectivity index (χ4v) is 3.38. The molecule has 2 aliphatic rings. The number of nitrogens with two attached hydrogens (primary N) is 1. The van der Waals surface area contributed by atoms with Crippen molar-refractivity contribution in [3.8, 4) is 0 Å². The summed E-state index contributed by atoms with van der Waals surface area (Å²) in [7, 11) is 1.23. The highest BCUT2D eigenvalue weighted by Crippen LogP contribution is 2.20. The molecule has 0 radical (unpaired) electrons. The van der Waals surface area contributed by atoms with Gasteiger partial charge in [-0.2, -0.15) is 0 Å². The van der Waals surface area contributed by atoms with E-state index in [0.717, 1.165) is 0 Å². The van der Waals surface area contributed by atoms with E-state index in [9.17, 15) is 29.3 Å². The standard InChI is InChI=1S/C17H26N6O8/c1-30-16(27)12-5-3-9-22(12)14(25)10(4-2-8-19-17(18)23(28)29)21-31-15(26)11-6-7-13(24)20-11/h10-12,21H,2-9H2,1H3,(H2,18,19)(H,20,24)/t10-,11-,12-/m0/s1. The van der Waals surface area contributed by atoms with Crippen molar-refractivity contribution < 1.29 is 33.7 Å². The highest BCUT2D eigenvalue weighted by atomic mass is 16.7. The molecule has 0 bridgehead atoms. The summed E-state index contributed by atoms with van der Waals surface area (Å²) in [4.78, 5) is 68.0. The van der Waals surface area contributed by atoms with Crippen molar-refractivity contribution in [2.24, 2.45) is 10.7 Å². The normalized spacial score (nSPS) is 22.0. The molecule has 2 aliphatic heterocycles. The van der Waals surface area contributed by atoms with Gasteiger partial charge in [-0.25, -0.2) is 9.59 Å². The first-order chi connectivity index (χ1) is 14.7. The Bertz CT molecular complexity index is 757. The Kier molecular flexibility index (Phi) is 8.66. The van der Waals surface area contributed by atoms with E-state index in [0.29, 0.717) is 19.4 Å². The number of hydrogen-bond acceptors (Lipinski definition) is 10. The van der Waals surface area contributed by atoms with Crippen LogP contribution in [0.2, 0.25) is 0 Å². The van der Waals surface area contributed by atoms with Crippen LogP contribution < -0.4 is 16.5 Å². The third kappa shape index (κ3) is 6.60. The lowest BCUT2D eigenvalue weighted by Gasteiger charge is -2.27. The second-order valence-corrected chi connectivity index (χ2v) is 7.10. The van der Waals surface area contributed by atoms with Crippen molar-refractivity contribution >= 4 is 29.7 Å². The number of ether oxygens (including phenoxy) is 1. The number of guanidine groups is 1. The maximum Gasteiger partial charge on any atom is 0.420 e. The van der Waals surface area contributed by atoms with E-state index in [-0.39, 0.29) is 38.1 Å². The lowest BCUT2D eigenvalue weighted by Crippen LogP contribution is -2.51. The van der Waals surface area contributed by atoms with Gasteiger partial charge in [-0.3, -0.25) is 15.3 Å². The Balaban J connectivity index is 2.01. The van der Waals surface area contributed by atoms with Crippen molar-refractivity contribution in [2.45, 2.75) is 56.7 Å². The number of nitro groups is 1. The van der Waals surface area contributed by atoms with Crippen molar-refractivity contribution in [2.75, 3.05) is 20.2 Å². The number of aliphatic imine (C=N–C) groups is 1. The molecule has 14 nitrogen and oxygen atoms in total. The number of methoxy groups -OCH3 is 1. The Morgan fingerprint density at radius 2 is 2.13 bits per heavy atom. The molecule has 2 rings (SSSR count). The summed E-state index contributed by atoms with van der Waals surface area (Å²) < 4.78 is 4.74. The molecule has 2 heterocycles. The molecule has 31 heavy (non-hydrogen) atoms. The molecule has 0 aromatic heterocycles. The van der Waals surface area contributed by atoms with E-state index in [1.807, 2.05) is 0 Å². The summed E-state index contributed by atoms with van der Waals surface area (Å²) in [5.74, 6) is -2.79. The molecule has 14 heteroatoms. The third-order valence-corrected chi connectivity index (χ3v) is 5.00. The van der Waals surface area contributed by atoms with E-state index in [4.69, 9.17) is 15.3 Å². The van der Waals surface area contributed by atoms with Crippen LogP contribution in [0.5, 0.6) is 0 Å². The second kappa shape index (κ2) is 11.2. The van der Waals surface area contributed by atoms with E-state index in [1.54, 1.807) is 0 Å². The minimum atomic E-state index is -1.03. The number of rotatable bonds is 9. The van der Waals surface area contributed by atoms with Gasteiger partial charge in [0, 0.05) is 13.0 Å². The average molecular weight is 442 g/mol. The number of nitrogens with zero attached hydrogens (tertiary/aromatic N) is 3. The molecule has 4 N–H and O–H groups in total. The number of amides is 2. The SMILES string of the molecule is COC(=O)[C@@H]1CCCN1C(=O)[C@H](CCCN=C(N)[N+](=O)[O-])NOC(=O)[C@@H]1CCC(=O)N1. The van der Waals surface area contributed by atoms with Crippen LogP contribution in [0.4, 0.5) is 0 Å². The van der Waals surface area contributed by atoms with Crippen LogP contribution in [0, 0.1) is 10.1 Å². The molecule has 2 saturated heterocycles. The zero-order chi connectivity index (χ0) is 23.0. The van der Waals surface area contributed by atoms with Crippen LogP contribution in [0.15, 0.2) is 4.99 Å². The zero-order valence-electron chi connectivity index (χ0n) is 17.1. The van der Waals surface area contributed by atoms with Crippen LogP contribution in [0.1, 0.15) is 38.5 Å². The summed E-state index contributed by atoms with van der Waals surface area (Å²) in [6, 6.07) is -2.58. The molecule has 0 aromatic rings. The van der Waals surface area contributed by atoms with Gasteiger partial charge in [-0.05, 0) is 37.0 Å². The molecular weight excluding hydrogens is 416 g/mol. The van der Waals surface area contributed by atoms with Crippen molar-refractivity contribution in [1.82, 2.24) is 15.7 Å². The van der Waals surface area contributed by atoms with Gasteiger partial charge in [-0.1, -0.05) is 0 Å². The summed E-state index contributed by atoms with van der Waals surface area (Å²) in [5, 5.41) is 13.0. The van der Waals surface area contributed by atoms with Crippen LogP contribution in [0.25, 0.3) is 0 Å². The maximum atomic E-state index is 13.0. The molecule has 0 aliphatic carbocycles. The number of nitrogens with one attached hydrogen (secondary N) is 2. The average Bonchev–Trinajstić information content (AvgIpc) is 3.40. The minimum absolute atomic E-state index is 0.0225. The maximum absolute atomic E-state index is 13.0. The Labute approximate surface area is 177 Å². The first kappa shape index (κ1) is 24.0. The van der Waals surface area contributed by atoms with Gasteiger partial charge < -0.3 is 29.9 Å². The van der Waals surface area contributed by atoms with Gasteiger partial charge >= 0.3 is 17.9 Å². The topological polar surface area (TPSA) is 196 Å². The van der Waals surface area contributed by atoms with Gasteiger partial charge in [0.15, 0.2) is 0 Å². The first-order valence-electron chi connectivity index (χ1n) is 9.82. The molecule has 2 amide bonds. The molecule has 0 unspecified atom stereocenters. The van der Waals surface area contributed by atoms with Crippen LogP contribution in [0.3, 0.4) is 0 Å². The molecule has 0 saturated carbocycles. The molecule has 2 fully saturated rings. The van der Waals surface area contributed by atoms with Gasteiger partial charge in [0.25, 0.3) is 0 Å². The number of carbonyl (C=O) groups excluding carboxylic acids is 4. The Morgan fingerprint density at radius 3 is 2.74 bits per heavy atom. The molecule has 3 atom stereocenters. The van der Waals surface area contributed by atoms with E-state index in [2.05, 4.69) is 15.8 Å². The fourth-order valence-electron chi connectivity index (χ4n) is 3.38. The van der Waals surface area contributed by atoms with Gasteiger partial charge in [0.2, 0.25) is 11.8 Å². The van der Waals surface area contributed by atoms with Gasteiger partial charge in [0.1, 0.15) is 24.7 Å². The summed E-state index contributed by atoms with van der Waals surface area (Å²) in [6.45, 7) is 0.307. The number of likely N-dealkylation sites (tertiary alicyclic amines) is 1. The second-order valence-electron chi connectivity index (χ2n) is 7.10. The molecule has 0 spiro atoms. The summed E-state index contributed by atoms with van der Waals surface area (Å²) in [6.07, 6.45) is 1.85. The van der Waals surface area contributed by atoms with E-state index in [1.165, 1.54) is 12.0 Å². The van der Waals surface area contributed by atoms with Crippen molar-refractivity contribution in [3.63, 3.8) is 0 Å². The number of hydroxylamine groups is 1. The largest absolute Gasteiger partial charge is 0.467 e. The lowest BCUT2D eigenvalue weighted by atomic mass is 10.1. The Morgan fingerprint density at radius 1 is 1.39 bits per heavy atom. The van der Waals surface area contributed by atoms with Gasteiger partial charge in [0.05, 0.1) is 7.11 Å². The first-order valence-corrected chi connectivity index (χ1v) is 9.82. The quantitative estimate of drug-likeness (QED) is 0.0916. The van der Waals surface area contributed by atoms with Crippen molar-refractivity contribution in [3.05, 3.63) is 10.1 Å². The number of hydrogen-bond donors (Lipinski definition) is 3. The predicted octanol–water partition coefficient (Wildman–Crippen LogP) is -1.78. The van der Waals surface area contributed by atoms with Crippen LogP contribution in [-0.4, -0.2) is 77.9 Å². The van der Waals surface area contributed by atoms with Crippen LogP contribution >= 0.6 is 0 Å². The molecular formula is C17H26N6O8. The van der Waals surface area contributed by atoms with Crippen LogP contribution in [-0.2, 0) is 28.8 Å². The highest BCUT2D eigenvalue weighted by molar-refractivity contribution is 5.89. The predicted molar refractivity (Wildman–Crippen MR) is 104 cm³/mol. The smallest absolute Gasteiger partial charge is 0.420 e. The Hall–Kier alpha value is -3.29. The fraction of sp³-hybridized carbons (Fsp3) is 0.706. The summed E-state index contributed by atoms with van der Waals surface area (Å²) in [5.41, 5.74) is 7.56. The van der Waals surface area contributed by atoms with Crippen molar-refractivity contribution in [1.29, 1.82) is 0 Å². The zero-order valence-corrected chi connectivity index (χ0v) is 17.1. The van der Waals surface area contributed by atoms with E-state index < -0.39 is 46.9 Å². The summed E-state index contributed by atoms with van der Waals surface area (Å²) >= 11 is 0. The number of carbonyl (C=O) groups is 4. The minimum Gasteiger partial charge on any atom is -0.467 e. The monoisotopic (exact) mass is 442 g/mol. The highest BCUT2D eigenvalue weighted by Gasteiger charge is 2.38.